The van der Waals surface area contributed by atoms with E-state index in [1.807, 2.05) is 13.8 Å². The minimum Gasteiger partial charge on any atom is -0.490 e. The normalized spacial score (nSPS) is 14.6. The van der Waals surface area contributed by atoms with Crippen LogP contribution in [0.15, 0.2) is 42.5 Å². The zero-order valence-corrected chi connectivity index (χ0v) is 19.2. The zero-order valence-electron chi connectivity index (χ0n) is 19.2. The van der Waals surface area contributed by atoms with E-state index in [0.29, 0.717) is 56.5 Å². The largest absolute Gasteiger partial charge is 0.490 e. The van der Waals surface area contributed by atoms with Gasteiger partial charge in [-0.1, -0.05) is 12.1 Å². The molecule has 0 bridgehead atoms. The molecule has 0 saturated carbocycles. The molecular formula is C24H28F3N3O4. The van der Waals surface area contributed by atoms with Gasteiger partial charge >= 0.3 is 6.18 Å². The second-order valence-corrected chi connectivity index (χ2v) is 7.69. The number of amides is 2. The van der Waals surface area contributed by atoms with Gasteiger partial charge in [-0.3, -0.25) is 14.5 Å². The van der Waals surface area contributed by atoms with Crippen LogP contribution in [0, 0.1) is 0 Å². The maximum atomic E-state index is 13.1. The van der Waals surface area contributed by atoms with E-state index in [2.05, 4.69) is 5.32 Å². The lowest BCUT2D eigenvalue weighted by Crippen LogP contribution is -2.50. The molecule has 7 nitrogen and oxygen atoms in total. The number of ether oxygens (including phenoxy) is 2. The molecule has 10 heteroatoms. The van der Waals surface area contributed by atoms with E-state index in [1.165, 1.54) is 18.2 Å². The summed E-state index contributed by atoms with van der Waals surface area (Å²) >= 11 is 0. The molecule has 2 amide bonds. The van der Waals surface area contributed by atoms with Gasteiger partial charge in [0.15, 0.2) is 11.5 Å². The third-order valence-corrected chi connectivity index (χ3v) is 5.32. The monoisotopic (exact) mass is 479 g/mol. The van der Waals surface area contributed by atoms with Gasteiger partial charge in [-0.2, -0.15) is 13.2 Å². The smallest absolute Gasteiger partial charge is 0.418 e. The average Bonchev–Trinajstić information content (AvgIpc) is 2.80. The molecule has 0 aromatic heterocycles. The quantitative estimate of drug-likeness (QED) is 0.622. The summed E-state index contributed by atoms with van der Waals surface area (Å²) in [4.78, 5) is 28.8. The number of alkyl halides is 3. The molecule has 2 aromatic rings. The minimum absolute atomic E-state index is 0.0637. The van der Waals surface area contributed by atoms with Crippen molar-refractivity contribution in [1.82, 2.24) is 9.80 Å². The Labute approximate surface area is 196 Å². The molecule has 0 radical (unpaired) electrons. The second-order valence-electron chi connectivity index (χ2n) is 7.69. The summed E-state index contributed by atoms with van der Waals surface area (Å²) in [6.07, 6.45) is -4.56. The fourth-order valence-electron chi connectivity index (χ4n) is 3.71. The van der Waals surface area contributed by atoms with Crippen molar-refractivity contribution in [3.05, 3.63) is 53.6 Å². The van der Waals surface area contributed by atoms with Crippen LogP contribution in [0.2, 0.25) is 0 Å². The lowest BCUT2D eigenvalue weighted by Gasteiger charge is -2.34. The first-order valence-corrected chi connectivity index (χ1v) is 11.1. The number of benzene rings is 2. The van der Waals surface area contributed by atoms with Crippen LogP contribution in [0.5, 0.6) is 11.5 Å². The SMILES string of the molecule is CCOc1ccc(C(=O)N2CCN(CC(=O)Nc3ccccc3C(F)(F)F)CC2)cc1OCC. The molecule has 1 aliphatic heterocycles. The van der Waals surface area contributed by atoms with E-state index in [0.717, 1.165) is 6.07 Å². The van der Waals surface area contributed by atoms with E-state index in [1.54, 1.807) is 28.0 Å². The molecule has 1 saturated heterocycles. The van der Waals surface area contributed by atoms with Crippen LogP contribution in [0.1, 0.15) is 29.8 Å². The van der Waals surface area contributed by atoms with Gasteiger partial charge in [0.05, 0.1) is 31.0 Å². The van der Waals surface area contributed by atoms with Gasteiger partial charge in [0.1, 0.15) is 0 Å². The summed E-state index contributed by atoms with van der Waals surface area (Å²) in [5, 5.41) is 2.35. The summed E-state index contributed by atoms with van der Waals surface area (Å²) in [6, 6.07) is 9.93. The van der Waals surface area contributed by atoms with E-state index in [4.69, 9.17) is 9.47 Å². The molecule has 34 heavy (non-hydrogen) atoms. The highest BCUT2D eigenvalue weighted by atomic mass is 19.4. The van der Waals surface area contributed by atoms with Crippen LogP contribution < -0.4 is 14.8 Å². The van der Waals surface area contributed by atoms with Crippen molar-refractivity contribution in [2.45, 2.75) is 20.0 Å². The molecule has 0 aliphatic carbocycles. The van der Waals surface area contributed by atoms with E-state index < -0.39 is 17.6 Å². The van der Waals surface area contributed by atoms with E-state index in [9.17, 15) is 22.8 Å². The van der Waals surface area contributed by atoms with Crippen LogP contribution in [-0.2, 0) is 11.0 Å². The Bertz CT molecular complexity index is 1010. The molecule has 1 fully saturated rings. The Morgan fingerprint density at radius 2 is 1.59 bits per heavy atom. The molecule has 3 rings (SSSR count). The predicted octanol–water partition coefficient (Wildman–Crippen LogP) is 3.90. The summed E-state index contributed by atoms with van der Waals surface area (Å²) < 4.78 is 50.5. The third kappa shape index (κ3) is 6.40. The van der Waals surface area contributed by atoms with Gasteiger partial charge < -0.3 is 19.7 Å². The molecule has 2 aromatic carbocycles. The maximum Gasteiger partial charge on any atom is 0.418 e. The first-order chi connectivity index (χ1) is 16.2. The number of hydrogen-bond acceptors (Lipinski definition) is 5. The van der Waals surface area contributed by atoms with Crippen LogP contribution in [0.3, 0.4) is 0 Å². The lowest BCUT2D eigenvalue weighted by molar-refractivity contribution is -0.137. The zero-order chi connectivity index (χ0) is 24.7. The number of rotatable bonds is 8. The number of hydrogen-bond donors (Lipinski definition) is 1. The highest BCUT2D eigenvalue weighted by Crippen LogP contribution is 2.34. The Hall–Kier alpha value is -3.27. The molecule has 1 heterocycles. The number of anilines is 1. The van der Waals surface area contributed by atoms with Crippen molar-refractivity contribution < 1.29 is 32.2 Å². The van der Waals surface area contributed by atoms with E-state index in [-0.39, 0.29) is 18.1 Å². The van der Waals surface area contributed by atoms with Crippen molar-refractivity contribution in [1.29, 1.82) is 0 Å². The Kier molecular flexibility index (Phi) is 8.38. The fraction of sp³-hybridized carbons (Fsp3) is 0.417. The van der Waals surface area contributed by atoms with Crippen LogP contribution in [0.4, 0.5) is 18.9 Å². The second kappa shape index (κ2) is 11.2. The van der Waals surface area contributed by atoms with Gasteiger partial charge in [-0.15, -0.1) is 0 Å². The molecule has 0 atom stereocenters. The van der Waals surface area contributed by atoms with Crippen molar-refractivity contribution >= 4 is 17.5 Å². The molecule has 1 N–H and O–H groups in total. The van der Waals surface area contributed by atoms with Crippen molar-refractivity contribution in [3.8, 4) is 11.5 Å². The van der Waals surface area contributed by atoms with Crippen molar-refractivity contribution in [2.24, 2.45) is 0 Å². The lowest BCUT2D eigenvalue weighted by atomic mass is 10.1. The van der Waals surface area contributed by atoms with Gasteiger partial charge in [-0.25, -0.2) is 0 Å². The molecular weight excluding hydrogens is 451 g/mol. The summed E-state index contributed by atoms with van der Waals surface area (Å²) in [5.41, 5.74) is -0.684. The predicted molar refractivity (Wildman–Crippen MR) is 121 cm³/mol. The Morgan fingerprint density at radius 3 is 2.24 bits per heavy atom. The van der Waals surface area contributed by atoms with Crippen LogP contribution >= 0.6 is 0 Å². The number of piperazine rings is 1. The van der Waals surface area contributed by atoms with Crippen molar-refractivity contribution in [3.63, 3.8) is 0 Å². The third-order valence-electron chi connectivity index (χ3n) is 5.32. The Balaban J connectivity index is 1.56. The van der Waals surface area contributed by atoms with Crippen LogP contribution in [-0.4, -0.2) is 67.6 Å². The van der Waals surface area contributed by atoms with Gasteiger partial charge in [0.25, 0.3) is 5.91 Å². The van der Waals surface area contributed by atoms with Crippen LogP contribution in [0.25, 0.3) is 0 Å². The molecule has 0 spiro atoms. The summed E-state index contributed by atoms with van der Waals surface area (Å²) in [6.45, 7) is 6.20. The number of carbonyl (C=O) groups excluding carboxylic acids is 2. The molecule has 1 aliphatic rings. The number of nitrogens with zero attached hydrogens (tertiary/aromatic N) is 2. The highest BCUT2D eigenvalue weighted by Gasteiger charge is 2.33. The minimum atomic E-state index is -4.56. The first kappa shape index (κ1) is 25.4. The number of halogens is 3. The van der Waals surface area contributed by atoms with Crippen molar-refractivity contribution in [2.75, 3.05) is 51.3 Å². The van der Waals surface area contributed by atoms with Gasteiger partial charge in [-0.05, 0) is 44.2 Å². The first-order valence-electron chi connectivity index (χ1n) is 11.1. The average molecular weight is 479 g/mol. The maximum absolute atomic E-state index is 13.1. The standard InChI is InChI=1S/C24H28F3N3O4/c1-3-33-20-10-9-17(15-21(20)34-4-2)23(32)30-13-11-29(12-14-30)16-22(31)28-19-8-6-5-7-18(19)24(25,26)27/h5-10,15H,3-4,11-14,16H2,1-2H3,(H,28,31). The molecule has 184 valence electrons. The van der Waals surface area contributed by atoms with E-state index >= 15 is 0 Å². The Morgan fingerprint density at radius 1 is 0.941 bits per heavy atom. The van der Waals surface area contributed by atoms with Gasteiger partial charge in [0, 0.05) is 31.7 Å². The van der Waals surface area contributed by atoms with Gasteiger partial charge in [0.2, 0.25) is 5.91 Å². The fourth-order valence-corrected chi connectivity index (χ4v) is 3.71. The topological polar surface area (TPSA) is 71.1 Å². The molecule has 0 unspecified atom stereocenters. The number of nitrogens with one attached hydrogen (secondary N) is 1. The number of carbonyl (C=O) groups is 2. The summed E-state index contributed by atoms with van der Waals surface area (Å²) in [7, 11) is 0. The summed E-state index contributed by atoms with van der Waals surface area (Å²) in [5.74, 6) is 0.380. The number of para-hydroxylation sites is 1. The highest BCUT2D eigenvalue weighted by molar-refractivity contribution is 5.95.